The summed E-state index contributed by atoms with van der Waals surface area (Å²) >= 11 is 0. The first kappa shape index (κ1) is 50.3. The summed E-state index contributed by atoms with van der Waals surface area (Å²) in [7, 11) is -3.73. The number of carbonyl (C=O) groups is 3. The van der Waals surface area contributed by atoms with E-state index >= 15 is 0 Å². The summed E-state index contributed by atoms with van der Waals surface area (Å²) in [5, 5.41) is 0.300. The molecular weight excluding hydrogens is 791 g/mol. The van der Waals surface area contributed by atoms with E-state index in [2.05, 4.69) is 4.90 Å². The lowest BCUT2D eigenvalue weighted by Gasteiger charge is -2.35. The van der Waals surface area contributed by atoms with Crippen molar-refractivity contribution in [1.82, 2.24) is 19.6 Å². The third kappa shape index (κ3) is 18.3. The highest BCUT2D eigenvalue weighted by molar-refractivity contribution is 7.62. The Balaban J connectivity index is 1.79. The summed E-state index contributed by atoms with van der Waals surface area (Å²) in [6.07, 6.45) is -0.124. The van der Waals surface area contributed by atoms with Crippen LogP contribution in [0.4, 0.5) is 14.4 Å². The highest BCUT2D eigenvalue weighted by Gasteiger charge is 2.32. The van der Waals surface area contributed by atoms with Crippen LogP contribution in [0, 0.1) is 0 Å². The monoisotopic (exact) mass is 862 g/mol. The van der Waals surface area contributed by atoms with Crippen molar-refractivity contribution >= 4 is 31.2 Å². The van der Waals surface area contributed by atoms with Crippen LogP contribution in [0.3, 0.4) is 0 Å². The van der Waals surface area contributed by atoms with Gasteiger partial charge < -0.3 is 47.4 Å². The Morgan fingerprint density at radius 3 is 1.48 bits per heavy atom. The highest BCUT2D eigenvalue weighted by Crippen LogP contribution is 2.50. The van der Waals surface area contributed by atoms with E-state index in [0.29, 0.717) is 75.6 Å². The Hall–Kier alpha value is -4.04. The summed E-state index contributed by atoms with van der Waals surface area (Å²) < 4.78 is 55.0. The molecule has 0 saturated carbocycles. The quantitative estimate of drug-likeness (QED) is 0.102. The Bertz CT molecular complexity index is 1640. The van der Waals surface area contributed by atoms with Crippen LogP contribution in [0.1, 0.15) is 94.6 Å². The Morgan fingerprint density at radius 1 is 0.600 bits per heavy atom. The van der Waals surface area contributed by atoms with E-state index in [0.717, 1.165) is 5.56 Å². The third-order valence-corrected chi connectivity index (χ3v) is 10.9. The predicted octanol–water partition coefficient (Wildman–Crippen LogP) is 8.34. The number of nitrogens with zero attached hydrogens (tertiary/aromatic N) is 4. The van der Waals surface area contributed by atoms with Crippen LogP contribution in [-0.2, 0) is 34.4 Å². The van der Waals surface area contributed by atoms with Crippen LogP contribution in [0.15, 0.2) is 48.5 Å². The molecule has 60 heavy (non-hydrogen) atoms. The summed E-state index contributed by atoms with van der Waals surface area (Å²) in [6.45, 7) is 23.8. The molecule has 338 valence electrons. The predicted molar refractivity (Wildman–Crippen MR) is 232 cm³/mol. The summed E-state index contributed by atoms with van der Waals surface area (Å²) in [5.74, 6) is 0.898. The maximum Gasteiger partial charge on any atom is 0.410 e. The smallest absolute Gasteiger partial charge is 0.410 e. The van der Waals surface area contributed by atoms with Gasteiger partial charge in [0.1, 0.15) is 40.2 Å². The molecule has 0 spiro atoms. The SMILES string of the molecule is CCOP(=O)(OCC)c1cc(OCc2ccccc2)ccc1OCCCCN1CCN(C(=O)OC(C)(C)C)CCN(C(=O)OC(C)(C)C)CCN(C(=O)OC(C)(C)C)CC1. The van der Waals surface area contributed by atoms with Gasteiger partial charge in [-0.05, 0) is 119 Å². The number of hydrogen-bond donors (Lipinski definition) is 0. The molecule has 0 bridgehead atoms. The van der Waals surface area contributed by atoms with E-state index < -0.39 is 42.7 Å². The number of rotatable bonds is 14. The number of hydrogen-bond acceptors (Lipinski definition) is 12. The van der Waals surface area contributed by atoms with Crippen LogP contribution in [0.25, 0.3) is 0 Å². The number of ether oxygens (including phenoxy) is 5. The fraction of sp³-hybridized carbons (Fsp3) is 0.659. The lowest BCUT2D eigenvalue weighted by Crippen LogP contribution is -2.51. The van der Waals surface area contributed by atoms with Crippen molar-refractivity contribution in [2.45, 2.75) is 112 Å². The van der Waals surface area contributed by atoms with Gasteiger partial charge in [0, 0.05) is 52.4 Å². The largest absolute Gasteiger partial charge is 0.493 e. The number of unbranched alkanes of at least 4 members (excludes halogenated alkanes) is 1. The molecule has 0 unspecified atom stereocenters. The van der Waals surface area contributed by atoms with Crippen molar-refractivity contribution in [2.75, 3.05) is 78.7 Å². The van der Waals surface area contributed by atoms with Crippen LogP contribution in [-0.4, -0.2) is 133 Å². The molecule has 15 nitrogen and oxygen atoms in total. The van der Waals surface area contributed by atoms with Crippen molar-refractivity contribution < 1.29 is 51.7 Å². The molecule has 3 rings (SSSR count). The first-order valence-corrected chi connectivity index (χ1v) is 22.6. The maximum atomic E-state index is 14.0. The molecule has 2 aromatic rings. The first-order chi connectivity index (χ1) is 28.1. The fourth-order valence-corrected chi connectivity index (χ4v) is 7.73. The second-order valence-electron chi connectivity index (χ2n) is 17.5. The van der Waals surface area contributed by atoms with E-state index in [1.165, 1.54) is 4.90 Å². The maximum absolute atomic E-state index is 14.0. The van der Waals surface area contributed by atoms with Gasteiger partial charge in [-0.25, -0.2) is 14.4 Å². The van der Waals surface area contributed by atoms with Gasteiger partial charge in [-0.2, -0.15) is 0 Å². The molecule has 1 fully saturated rings. The molecule has 0 atom stereocenters. The molecule has 0 aliphatic carbocycles. The third-order valence-electron chi connectivity index (χ3n) is 8.81. The van der Waals surface area contributed by atoms with Crippen molar-refractivity contribution in [3.8, 4) is 11.5 Å². The molecule has 1 heterocycles. The minimum Gasteiger partial charge on any atom is -0.493 e. The van der Waals surface area contributed by atoms with Crippen LogP contribution < -0.4 is 14.8 Å². The minimum absolute atomic E-state index is 0.176. The van der Waals surface area contributed by atoms with Crippen LogP contribution >= 0.6 is 7.60 Å². The van der Waals surface area contributed by atoms with Gasteiger partial charge >= 0.3 is 25.9 Å². The van der Waals surface area contributed by atoms with Crippen LogP contribution in [0.2, 0.25) is 0 Å². The zero-order valence-electron chi connectivity index (χ0n) is 38.0. The normalized spacial score (nSPS) is 15.4. The molecule has 1 aliphatic heterocycles. The Labute approximate surface area is 358 Å². The summed E-state index contributed by atoms with van der Waals surface area (Å²) in [6, 6.07) is 14.9. The number of carbonyl (C=O) groups excluding carboxylic acids is 3. The van der Waals surface area contributed by atoms with Gasteiger partial charge in [0.2, 0.25) is 0 Å². The molecule has 0 N–H and O–H groups in total. The van der Waals surface area contributed by atoms with Gasteiger partial charge in [-0.3, -0.25) is 9.46 Å². The second-order valence-corrected chi connectivity index (χ2v) is 19.5. The Morgan fingerprint density at radius 2 is 1.05 bits per heavy atom. The number of benzene rings is 2. The van der Waals surface area contributed by atoms with E-state index in [9.17, 15) is 18.9 Å². The average molecular weight is 863 g/mol. The summed E-state index contributed by atoms with van der Waals surface area (Å²) in [4.78, 5) is 47.3. The van der Waals surface area contributed by atoms with Crippen molar-refractivity contribution in [2.24, 2.45) is 0 Å². The van der Waals surface area contributed by atoms with E-state index in [4.69, 9.17) is 32.7 Å². The van der Waals surface area contributed by atoms with Gasteiger partial charge in [0.05, 0.1) is 19.8 Å². The molecule has 0 aromatic heterocycles. The first-order valence-electron chi connectivity index (χ1n) is 21.1. The lowest BCUT2D eigenvalue weighted by molar-refractivity contribution is 0.00466. The molecule has 3 amide bonds. The van der Waals surface area contributed by atoms with E-state index in [1.807, 2.05) is 71.9 Å². The highest BCUT2D eigenvalue weighted by atomic mass is 31.2. The molecule has 1 saturated heterocycles. The summed E-state index contributed by atoms with van der Waals surface area (Å²) in [5.41, 5.74) is -1.17. The van der Waals surface area contributed by atoms with Crippen molar-refractivity contribution in [3.63, 3.8) is 0 Å². The minimum atomic E-state index is -3.73. The molecule has 2 aromatic carbocycles. The zero-order chi connectivity index (χ0) is 44.6. The van der Waals surface area contributed by atoms with Crippen molar-refractivity contribution in [1.29, 1.82) is 0 Å². The van der Waals surface area contributed by atoms with Gasteiger partial charge in [0.15, 0.2) is 0 Å². The standard InChI is InChI=1S/C44H71N4O11P/c1-12-55-60(52,56-13-2)38-33-36(54-34-35-19-15-14-16-20-35)21-22-37(38)53-32-18-17-23-45-24-26-46(39(49)57-42(3,4)5)28-30-48(41(51)59-44(9,10)11)31-29-47(27-25-45)40(50)58-43(6,7)8/h14-16,19-22,33H,12-13,17-18,23-32,34H2,1-11H3. The lowest BCUT2D eigenvalue weighted by atomic mass is 10.2. The molecule has 16 heteroatoms. The Kier molecular flexibility index (Phi) is 19.5. The van der Waals surface area contributed by atoms with Gasteiger partial charge in [-0.1, -0.05) is 30.3 Å². The average Bonchev–Trinajstić information content (AvgIpc) is 3.13. The second kappa shape index (κ2) is 23.3. The van der Waals surface area contributed by atoms with Gasteiger partial charge in [0.25, 0.3) is 0 Å². The zero-order valence-corrected chi connectivity index (χ0v) is 38.8. The van der Waals surface area contributed by atoms with E-state index in [1.54, 1.807) is 62.6 Å². The topological polar surface area (TPSA) is 146 Å². The van der Waals surface area contributed by atoms with E-state index in [-0.39, 0.29) is 39.4 Å². The van der Waals surface area contributed by atoms with Crippen molar-refractivity contribution in [3.05, 3.63) is 54.1 Å². The van der Waals surface area contributed by atoms with Crippen LogP contribution in [0.5, 0.6) is 11.5 Å². The fourth-order valence-electron chi connectivity index (χ4n) is 6.00. The number of amides is 3. The molecule has 1 aliphatic rings. The van der Waals surface area contributed by atoms with Gasteiger partial charge in [-0.15, -0.1) is 0 Å². The molecular formula is C44H71N4O11P. The molecule has 0 radical (unpaired) electrons.